The largest absolute Gasteiger partial charge is 0.465 e. The summed E-state index contributed by atoms with van der Waals surface area (Å²) < 4.78 is 10.4. The first-order chi connectivity index (χ1) is 16.4. The summed E-state index contributed by atoms with van der Waals surface area (Å²) in [4.78, 5) is 52.8. The van der Waals surface area contributed by atoms with E-state index < -0.39 is 23.5 Å². The third-order valence-corrected chi connectivity index (χ3v) is 7.91. The van der Waals surface area contributed by atoms with Crippen LogP contribution in [0.25, 0.3) is 10.1 Å². The number of benzene rings is 2. The monoisotopic (exact) mass is 508 g/mol. The summed E-state index contributed by atoms with van der Waals surface area (Å²) in [6.07, 6.45) is 0. The zero-order valence-corrected chi connectivity index (χ0v) is 20.4. The normalized spacial score (nSPS) is 10.6. The molecule has 0 saturated heterocycles. The number of carbonyl (C=O) groups excluding carboxylic acids is 4. The maximum absolute atomic E-state index is 13.8. The van der Waals surface area contributed by atoms with E-state index in [9.17, 15) is 19.2 Å². The number of hydrogen-bond donors (Lipinski definition) is 0. The van der Waals surface area contributed by atoms with Gasteiger partial charge in [0.2, 0.25) is 5.78 Å². The molecule has 2 heterocycles. The van der Waals surface area contributed by atoms with Crippen molar-refractivity contribution in [2.45, 2.75) is 0 Å². The van der Waals surface area contributed by atoms with Crippen molar-refractivity contribution in [1.82, 2.24) is 0 Å². The Morgan fingerprint density at radius 1 is 0.676 bits per heavy atom. The summed E-state index contributed by atoms with van der Waals surface area (Å²) in [6, 6.07) is 16.8. The maximum Gasteiger partial charge on any atom is 0.348 e. The number of carbonyl (C=O) groups is 4. The predicted octanol–water partition coefficient (Wildman–Crippen LogP) is 5.73. The van der Waals surface area contributed by atoms with Crippen molar-refractivity contribution in [3.05, 3.63) is 96.5 Å². The van der Waals surface area contributed by atoms with E-state index in [1.54, 1.807) is 60.7 Å². The molecule has 6 nitrogen and oxygen atoms in total. The molecule has 34 heavy (non-hydrogen) atoms. The molecule has 2 aromatic carbocycles. The highest BCUT2D eigenvalue weighted by Gasteiger charge is 2.33. The van der Waals surface area contributed by atoms with Crippen LogP contribution < -0.4 is 0 Å². The first-order valence-corrected chi connectivity index (χ1v) is 11.9. The van der Waals surface area contributed by atoms with Gasteiger partial charge in [0.05, 0.1) is 34.9 Å². The Hall–Kier alpha value is -3.53. The molecule has 0 unspecified atom stereocenters. The number of esters is 2. The first kappa shape index (κ1) is 23.6. The number of hydrogen-bond acceptors (Lipinski definition) is 9. The molecule has 0 saturated carbocycles. The smallest absolute Gasteiger partial charge is 0.348 e. The Balaban J connectivity index is 2.17. The van der Waals surface area contributed by atoms with E-state index in [0.717, 1.165) is 22.7 Å². The van der Waals surface area contributed by atoms with E-state index in [4.69, 9.17) is 21.7 Å². The molecule has 0 atom stereocenters. The molecule has 0 radical (unpaired) electrons. The van der Waals surface area contributed by atoms with Gasteiger partial charge in [0.1, 0.15) is 8.70 Å². The molecular formula is C25H16O6S3. The fraction of sp³-hybridized carbons (Fsp3) is 0.0800. The van der Waals surface area contributed by atoms with E-state index in [1.807, 2.05) is 0 Å². The Morgan fingerprint density at radius 3 is 1.74 bits per heavy atom. The van der Waals surface area contributed by atoms with Crippen molar-refractivity contribution >= 4 is 68.5 Å². The third kappa shape index (κ3) is 4.09. The number of thiophene rings is 1. The lowest BCUT2D eigenvalue weighted by Gasteiger charge is -2.11. The summed E-state index contributed by atoms with van der Waals surface area (Å²) in [5.74, 6) is -2.50. The van der Waals surface area contributed by atoms with Crippen molar-refractivity contribution in [1.29, 1.82) is 0 Å². The SMILES string of the molecule is COC(=O)c1sc2c(=S)sc(C(=O)c3ccccc3)c(C(=O)c3ccccc3)c2c1C(=O)OC. The number of methoxy groups -OCH3 is 2. The molecular weight excluding hydrogens is 492 g/mol. The molecule has 0 aliphatic heterocycles. The van der Waals surface area contributed by atoms with Crippen molar-refractivity contribution in [2.75, 3.05) is 14.2 Å². The molecule has 4 aromatic rings. The first-order valence-electron chi connectivity index (χ1n) is 9.88. The van der Waals surface area contributed by atoms with Crippen LogP contribution in [0.4, 0.5) is 0 Å². The predicted molar refractivity (Wildman–Crippen MR) is 133 cm³/mol. The quantitative estimate of drug-likeness (QED) is 0.187. The second-order valence-corrected chi connectivity index (χ2v) is 9.69. The van der Waals surface area contributed by atoms with Gasteiger partial charge in [0.25, 0.3) is 0 Å². The topological polar surface area (TPSA) is 86.7 Å². The van der Waals surface area contributed by atoms with Crippen LogP contribution in [0.1, 0.15) is 51.2 Å². The molecule has 0 spiro atoms. The van der Waals surface area contributed by atoms with Gasteiger partial charge >= 0.3 is 11.9 Å². The van der Waals surface area contributed by atoms with Crippen LogP contribution in [0, 0.1) is 3.82 Å². The van der Waals surface area contributed by atoms with Gasteiger partial charge in [-0.3, -0.25) is 9.59 Å². The van der Waals surface area contributed by atoms with Crippen LogP contribution in [0.15, 0.2) is 60.7 Å². The number of ketones is 2. The van der Waals surface area contributed by atoms with Crippen molar-refractivity contribution in [3.63, 3.8) is 0 Å². The van der Waals surface area contributed by atoms with Gasteiger partial charge < -0.3 is 9.47 Å². The summed E-state index contributed by atoms with van der Waals surface area (Å²) in [5, 5.41) is 0.120. The van der Waals surface area contributed by atoms with Crippen LogP contribution in [0.3, 0.4) is 0 Å². The molecule has 0 aliphatic rings. The third-order valence-electron chi connectivity index (χ3n) is 5.03. The molecule has 4 rings (SSSR count). The van der Waals surface area contributed by atoms with Crippen LogP contribution in [-0.2, 0) is 9.47 Å². The average molecular weight is 509 g/mol. The van der Waals surface area contributed by atoms with E-state index in [0.29, 0.717) is 15.8 Å². The summed E-state index contributed by atoms with van der Waals surface area (Å²) in [6.45, 7) is 0. The van der Waals surface area contributed by atoms with Gasteiger partial charge in [-0.25, -0.2) is 9.59 Å². The number of rotatable bonds is 6. The molecule has 0 bridgehead atoms. The Labute approximate surface area is 207 Å². The van der Waals surface area contributed by atoms with Crippen LogP contribution in [-0.4, -0.2) is 37.7 Å². The number of ether oxygens (including phenoxy) is 2. The van der Waals surface area contributed by atoms with Crippen molar-refractivity contribution in [3.8, 4) is 0 Å². The van der Waals surface area contributed by atoms with Crippen LogP contribution in [0.5, 0.6) is 0 Å². The van der Waals surface area contributed by atoms with Crippen molar-refractivity contribution in [2.24, 2.45) is 0 Å². The highest BCUT2D eigenvalue weighted by molar-refractivity contribution is 7.74. The second-order valence-electron chi connectivity index (χ2n) is 6.98. The fourth-order valence-electron chi connectivity index (χ4n) is 3.48. The summed E-state index contributed by atoms with van der Waals surface area (Å²) in [7, 11) is 2.35. The van der Waals surface area contributed by atoms with Crippen LogP contribution in [0.2, 0.25) is 0 Å². The van der Waals surface area contributed by atoms with E-state index in [1.165, 1.54) is 14.2 Å². The minimum Gasteiger partial charge on any atom is -0.465 e. The minimum atomic E-state index is -0.836. The molecule has 2 aromatic heterocycles. The van der Waals surface area contributed by atoms with Gasteiger partial charge in [0, 0.05) is 16.5 Å². The maximum atomic E-state index is 13.8. The summed E-state index contributed by atoms with van der Waals surface area (Å²) in [5.41, 5.74) is 0.532. The fourth-order valence-corrected chi connectivity index (χ4v) is 6.14. The molecule has 0 aliphatic carbocycles. The zero-order chi connectivity index (χ0) is 24.4. The van der Waals surface area contributed by atoms with Crippen LogP contribution >= 0.6 is 34.9 Å². The van der Waals surface area contributed by atoms with E-state index >= 15 is 0 Å². The lowest BCUT2D eigenvalue weighted by molar-refractivity contribution is 0.0561. The Bertz CT molecular complexity index is 1500. The molecule has 0 amide bonds. The van der Waals surface area contributed by atoms with E-state index in [-0.39, 0.29) is 30.1 Å². The molecule has 9 heteroatoms. The molecule has 0 fully saturated rings. The van der Waals surface area contributed by atoms with Gasteiger partial charge in [-0.05, 0) is 0 Å². The zero-order valence-electron chi connectivity index (χ0n) is 17.9. The molecule has 170 valence electrons. The van der Waals surface area contributed by atoms with Gasteiger partial charge in [-0.2, -0.15) is 0 Å². The minimum absolute atomic E-state index is 0.000422. The lowest BCUT2D eigenvalue weighted by Crippen LogP contribution is -2.14. The Morgan fingerprint density at radius 2 is 1.21 bits per heavy atom. The second kappa shape index (κ2) is 9.76. The van der Waals surface area contributed by atoms with E-state index in [2.05, 4.69) is 0 Å². The lowest BCUT2D eigenvalue weighted by atomic mass is 9.95. The van der Waals surface area contributed by atoms with Gasteiger partial charge in [-0.15, -0.1) is 22.7 Å². The highest BCUT2D eigenvalue weighted by Crippen LogP contribution is 2.40. The summed E-state index contributed by atoms with van der Waals surface area (Å²) >= 11 is 7.46. The van der Waals surface area contributed by atoms with Crippen molar-refractivity contribution < 1.29 is 28.7 Å². The van der Waals surface area contributed by atoms with Gasteiger partial charge in [-0.1, -0.05) is 72.9 Å². The standard InChI is InChI=1S/C25H16O6S3/c1-30-23(28)17-15-16(18(26)13-9-5-3-6-10-13)20(19(27)14-11-7-4-8-12-14)34-25(32)22(15)33-21(17)24(29)31-2/h3-12H,1-2H3. The average Bonchev–Trinajstić information content (AvgIpc) is 3.29. The number of fused-ring (bicyclic) bond motifs is 1. The highest BCUT2D eigenvalue weighted by atomic mass is 32.1. The Kier molecular flexibility index (Phi) is 6.78. The van der Waals surface area contributed by atoms with Gasteiger partial charge in [0.15, 0.2) is 5.78 Å². The molecule has 0 N–H and O–H groups in total.